The number of carbonyl (C=O) groups excluding carboxylic acids is 3. The Morgan fingerprint density at radius 1 is 1.00 bits per heavy atom. The fraction of sp³-hybridized carbons (Fsp3) is 0.375. The highest BCUT2D eigenvalue weighted by Crippen LogP contribution is 2.31. The van der Waals surface area contributed by atoms with Crippen molar-refractivity contribution < 1.29 is 19.5 Å². The molecule has 2 aliphatic rings. The molecule has 3 N–H and O–H groups in total. The molecule has 1 saturated heterocycles. The van der Waals surface area contributed by atoms with Crippen LogP contribution in [0.3, 0.4) is 0 Å². The number of likely N-dealkylation sites (tertiary alicyclic amines) is 1. The van der Waals surface area contributed by atoms with Gasteiger partial charge in [0, 0.05) is 59.7 Å². The first-order chi connectivity index (χ1) is 15.0. The number of amides is 1. The first kappa shape index (κ1) is 21.2. The van der Waals surface area contributed by atoms with E-state index in [9.17, 15) is 19.5 Å². The van der Waals surface area contributed by atoms with Crippen LogP contribution in [0.15, 0.2) is 36.4 Å². The van der Waals surface area contributed by atoms with Crippen LogP contribution in [0.4, 0.5) is 11.4 Å². The van der Waals surface area contributed by atoms with Crippen molar-refractivity contribution in [3.05, 3.63) is 58.7 Å². The fourth-order valence-corrected chi connectivity index (χ4v) is 4.41. The lowest BCUT2D eigenvalue weighted by atomic mass is 9.83. The third-order valence-corrected chi connectivity index (χ3v) is 6.18. The molecule has 0 aromatic heterocycles. The number of fused-ring (bicyclic) bond motifs is 2. The standard InChI is InChI=1S/C24H27N3O4/c1-25-15-5-7-18-20(12-15)23(30)19-8-6-16(13-21(19)24(18)31)26-22(29)9-11-27-10-3-2-4-17(27)14-28/h5-8,12-13,17,25,28H,2-4,9-11,14H2,1H3,(H,26,29). The average molecular weight is 421 g/mol. The van der Waals surface area contributed by atoms with Gasteiger partial charge in [-0.05, 0) is 55.8 Å². The van der Waals surface area contributed by atoms with Crippen molar-refractivity contribution in [1.29, 1.82) is 0 Å². The van der Waals surface area contributed by atoms with Gasteiger partial charge in [0.05, 0.1) is 6.61 Å². The first-order valence-corrected chi connectivity index (χ1v) is 10.7. The second kappa shape index (κ2) is 8.99. The second-order valence-corrected chi connectivity index (χ2v) is 8.10. The third-order valence-electron chi connectivity index (χ3n) is 6.18. The van der Waals surface area contributed by atoms with Gasteiger partial charge < -0.3 is 15.7 Å². The molecule has 2 aromatic carbocycles. The number of aliphatic hydroxyl groups excluding tert-OH is 1. The molecular weight excluding hydrogens is 394 g/mol. The highest BCUT2D eigenvalue weighted by molar-refractivity contribution is 6.29. The van der Waals surface area contributed by atoms with E-state index in [4.69, 9.17) is 0 Å². The molecule has 1 amide bonds. The minimum atomic E-state index is -0.220. The van der Waals surface area contributed by atoms with Crippen LogP contribution in [0.5, 0.6) is 0 Å². The number of hydrogen-bond acceptors (Lipinski definition) is 6. The van der Waals surface area contributed by atoms with Gasteiger partial charge in [-0.25, -0.2) is 0 Å². The second-order valence-electron chi connectivity index (χ2n) is 8.10. The fourth-order valence-electron chi connectivity index (χ4n) is 4.41. The van der Waals surface area contributed by atoms with Crippen molar-refractivity contribution in [2.45, 2.75) is 31.7 Å². The zero-order valence-electron chi connectivity index (χ0n) is 17.6. The van der Waals surface area contributed by atoms with Crippen LogP contribution in [-0.4, -0.2) is 60.3 Å². The molecule has 7 nitrogen and oxygen atoms in total. The molecule has 2 aromatic rings. The molecule has 1 heterocycles. The molecule has 0 saturated carbocycles. The number of rotatable bonds is 6. The topological polar surface area (TPSA) is 98.7 Å². The number of aliphatic hydroxyl groups is 1. The van der Waals surface area contributed by atoms with Crippen molar-refractivity contribution in [2.24, 2.45) is 0 Å². The Morgan fingerprint density at radius 2 is 1.65 bits per heavy atom. The van der Waals surface area contributed by atoms with E-state index in [1.54, 1.807) is 43.4 Å². The maximum atomic E-state index is 13.0. The minimum absolute atomic E-state index is 0.111. The summed E-state index contributed by atoms with van der Waals surface area (Å²) in [5, 5.41) is 15.3. The predicted octanol–water partition coefficient (Wildman–Crippen LogP) is 2.68. The molecule has 4 rings (SSSR count). The molecule has 7 heteroatoms. The summed E-state index contributed by atoms with van der Waals surface area (Å²) < 4.78 is 0. The monoisotopic (exact) mass is 421 g/mol. The largest absolute Gasteiger partial charge is 0.395 e. The van der Waals surface area contributed by atoms with E-state index in [2.05, 4.69) is 15.5 Å². The number of nitrogens with one attached hydrogen (secondary N) is 2. The summed E-state index contributed by atoms with van der Waals surface area (Å²) in [5.41, 5.74) is 2.69. The molecule has 0 radical (unpaired) electrons. The zero-order chi connectivity index (χ0) is 22.0. The van der Waals surface area contributed by atoms with Crippen molar-refractivity contribution in [3.63, 3.8) is 0 Å². The zero-order valence-corrected chi connectivity index (χ0v) is 17.6. The normalized spacial score (nSPS) is 18.3. The minimum Gasteiger partial charge on any atom is -0.395 e. The van der Waals surface area contributed by atoms with E-state index < -0.39 is 0 Å². The van der Waals surface area contributed by atoms with Gasteiger partial charge in [-0.15, -0.1) is 0 Å². The van der Waals surface area contributed by atoms with Crippen molar-refractivity contribution >= 4 is 28.8 Å². The lowest BCUT2D eigenvalue weighted by Gasteiger charge is -2.34. The summed E-state index contributed by atoms with van der Waals surface area (Å²) >= 11 is 0. The molecule has 31 heavy (non-hydrogen) atoms. The van der Waals surface area contributed by atoms with E-state index in [1.165, 1.54) is 0 Å². The van der Waals surface area contributed by atoms with E-state index >= 15 is 0 Å². The van der Waals surface area contributed by atoms with Gasteiger partial charge in [0.2, 0.25) is 5.91 Å². The van der Waals surface area contributed by atoms with Crippen LogP contribution in [-0.2, 0) is 4.79 Å². The average Bonchev–Trinajstić information content (AvgIpc) is 2.81. The summed E-state index contributed by atoms with van der Waals surface area (Å²) in [4.78, 5) is 40.5. The Labute approximate surface area is 181 Å². The summed E-state index contributed by atoms with van der Waals surface area (Å²) in [5.74, 6) is -0.571. The van der Waals surface area contributed by atoms with E-state index in [1.807, 2.05) is 0 Å². The van der Waals surface area contributed by atoms with Gasteiger partial charge in [0.25, 0.3) is 0 Å². The predicted molar refractivity (Wildman–Crippen MR) is 119 cm³/mol. The van der Waals surface area contributed by atoms with Crippen LogP contribution in [0.2, 0.25) is 0 Å². The van der Waals surface area contributed by atoms with Gasteiger partial charge in [-0.2, -0.15) is 0 Å². The van der Waals surface area contributed by atoms with Gasteiger partial charge in [0.15, 0.2) is 11.6 Å². The molecule has 0 bridgehead atoms. The number of ketones is 2. The quantitative estimate of drug-likeness (QED) is 0.566. The van der Waals surface area contributed by atoms with Crippen molar-refractivity contribution in [3.8, 4) is 0 Å². The molecule has 162 valence electrons. The Kier molecular flexibility index (Phi) is 6.15. The summed E-state index contributed by atoms with van der Waals surface area (Å²) in [6.45, 7) is 1.59. The molecule has 1 atom stereocenters. The number of hydrogen-bond donors (Lipinski definition) is 3. The Bertz CT molecular complexity index is 1030. The highest BCUT2D eigenvalue weighted by atomic mass is 16.3. The number of nitrogens with zero attached hydrogens (tertiary/aromatic N) is 1. The summed E-state index contributed by atoms with van der Waals surface area (Å²) in [7, 11) is 1.76. The number of anilines is 2. The number of piperidine rings is 1. The van der Waals surface area contributed by atoms with Gasteiger partial charge >= 0.3 is 0 Å². The van der Waals surface area contributed by atoms with Crippen LogP contribution < -0.4 is 10.6 Å². The van der Waals surface area contributed by atoms with E-state index in [0.29, 0.717) is 40.9 Å². The highest BCUT2D eigenvalue weighted by Gasteiger charge is 2.30. The smallest absolute Gasteiger partial charge is 0.225 e. The third kappa shape index (κ3) is 4.24. The Morgan fingerprint density at radius 3 is 2.29 bits per heavy atom. The van der Waals surface area contributed by atoms with Gasteiger partial charge in [-0.1, -0.05) is 6.42 Å². The molecule has 1 fully saturated rings. The first-order valence-electron chi connectivity index (χ1n) is 10.7. The summed E-state index contributed by atoms with van der Waals surface area (Å²) in [6.07, 6.45) is 3.44. The maximum absolute atomic E-state index is 13.0. The van der Waals surface area contributed by atoms with Crippen molar-refractivity contribution in [1.82, 2.24) is 4.90 Å². The molecule has 1 unspecified atom stereocenters. The van der Waals surface area contributed by atoms with Crippen LogP contribution in [0, 0.1) is 0 Å². The molecule has 1 aliphatic carbocycles. The Hall–Kier alpha value is -3.03. The lowest BCUT2D eigenvalue weighted by molar-refractivity contribution is -0.116. The molecular formula is C24H27N3O4. The SMILES string of the molecule is CNc1ccc2c(c1)C(=O)c1ccc(NC(=O)CCN3CCCCC3CO)cc1C2=O. The van der Waals surface area contributed by atoms with Crippen LogP contribution in [0.25, 0.3) is 0 Å². The lowest BCUT2D eigenvalue weighted by Crippen LogP contribution is -2.43. The maximum Gasteiger partial charge on any atom is 0.225 e. The summed E-state index contributed by atoms with van der Waals surface area (Å²) in [6, 6.07) is 10.1. The molecule has 0 spiro atoms. The van der Waals surface area contributed by atoms with Gasteiger partial charge in [0.1, 0.15) is 0 Å². The van der Waals surface area contributed by atoms with Crippen LogP contribution >= 0.6 is 0 Å². The van der Waals surface area contributed by atoms with Gasteiger partial charge in [-0.3, -0.25) is 19.3 Å². The molecule has 1 aliphatic heterocycles. The number of benzene rings is 2. The Balaban J connectivity index is 1.46. The van der Waals surface area contributed by atoms with E-state index in [-0.39, 0.29) is 30.1 Å². The van der Waals surface area contributed by atoms with Crippen LogP contribution in [0.1, 0.15) is 57.5 Å². The van der Waals surface area contributed by atoms with E-state index in [0.717, 1.165) is 31.5 Å². The van der Waals surface area contributed by atoms with Crippen molar-refractivity contribution in [2.75, 3.05) is 37.4 Å². The number of carbonyl (C=O) groups is 3.